The van der Waals surface area contributed by atoms with E-state index in [1.54, 1.807) is 12.1 Å². The molecule has 2 unspecified atom stereocenters. The van der Waals surface area contributed by atoms with E-state index in [0.29, 0.717) is 23.0 Å². The van der Waals surface area contributed by atoms with Crippen molar-refractivity contribution in [1.82, 2.24) is 5.32 Å². The molecule has 0 radical (unpaired) electrons. The number of hydrogen-bond donors (Lipinski definition) is 1. The lowest BCUT2D eigenvalue weighted by molar-refractivity contribution is 0.261. The fraction of sp³-hybridized carbons (Fsp3) is 0.538. The van der Waals surface area contributed by atoms with E-state index in [9.17, 15) is 4.39 Å². The van der Waals surface area contributed by atoms with Crippen LogP contribution in [0.25, 0.3) is 0 Å². The summed E-state index contributed by atoms with van der Waals surface area (Å²) in [7, 11) is 0. The van der Waals surface area contributed by atoms with Gasteiger partial charge in [-0.15, -0.1) is 0 Å². The summed E-state index contributed by atoms with van der Waals surface area (Å²) in [5, 5.41) is 3.89. The highest BCUT2D eigenvalue weighted by molar-refractivity contribution is 6.31. The van der Waals surface area contributed by atoms with Crippen LogP contribution in [0.1, 0.15) is 37.4 Å². The second-order valence-electron chi connectivity index (χ2n) is 4.37. The molecule has 0 aromatic heterocycles. The van der Waals surface area contributed by atoms with Crippen LogP contribution in [0.15, 0.2) is 24.3 Å². The Morgan fingerprint density at radius 1 is 1.38 bits per heavy atom. The summed E-state index contributed by atoms with van der Waals surface area (Å²) in [6.07, 6.45) is 3.06. The van der Waals surface area contributed by atoms with Crippen molar-refractivity contribution in [2.75, 3.05) is 6.54 Å². The standard InChI is InChI=1S/C13H17ClFN/c14-12-7-2-1-6-11(12)13(15)9-10-5-3-4-8-16-10/h1-2,6-7,10,13,16H,3-5,8-9H2. The van der Waals surface area contributed by atoms with E-state index in [1.807, 2.05) is 12.1 Å². The lowest BCUT2D eigenvalue weighted by Crippen LogP contribution is -2.34. The summed E-state index contributed by atoms with van der Waals surface area (Å²) in [4.78, 5) is 0. The van der Waals surface area contributed by atoms with Crippen molar-refractivity contribution in [3.05, 3.63) is 34.9 Å². The van der Waals surface area contributed by atoms with Crippen LogP contribution in [0.5, 0.6) is 0 Å². The smallest absolute Gasteiger partial charge is 0.128 e. The molecule has 2 atom stereocenters. The van der Waals surface area contributed by atoms with Crippen molar-refractivity contribution < 1.29 is 4.39 Å². The number of hydrogen-bond acceptors (Lipinski definition) is 1. The van der Waals surface area contributed by atoms with Gasteiger partial charge in [-0.2, -0.15) is 0 Å². The Balaban J connectivity index is 1.96. The van der Waals surface area contributed by atoms with Crippen LogP contribution in [0.3, 0.4) is 0 Å². The number of halogens is 2. The summed E-state index contributed by atoms with van der Waals surface area (Å²) in [6, 6.07) is 7.49. The minimum Gasteiger partial charge on any atom is -0.314 e. The molecule has 1 aromatic carbocycles. The topological polar surface area (TPSA) is 12.0 Å². The van der Waals surface area contributed by atoms with Gasteiger partial charge in [-0.1, -0.05) is 36.2 Å². The molecule has 2 rings (SSSR count). The lowest BCUT2D eigenvalue weighted by Gasteiger charge is -2.25. The number of rotatable bonds is 3. The van der Waals surface area contributed by atoms with Crippen molar-refractivity contribution in [1.29, 1.82) is 0 Å². The van der Waals surface area contributed by atoms with Gasteiger partial charge in [0, 0.05) is 16.6 Å². The molecule has 1 saturated heterocycles. The normalized spacial score (nSPS) is 23.0. The van der Waals surface area contributed by atoms with Gasteiger partial charge in [-0.3, -0.25) is 0 Å². The van der Waals surface area contributed by atoms with E-state index in [2.05, 4.69) is 5.32 Å². The quantitative estimate of drug-likeness (QED) is 0.847. The maximum absolute atomic E-state index is 14.1. The van der Waals surface area contributed by atoms with Crippen LogP contribution >= 0.6 is 11.6 Å². The second kappa shape index (κ2) is 5.65. The highest BCUT2D eigenvalue weighted by Crippen LogP contribution is 2.30. The molecule has 3 heteroatoms. The van der Waals surface area contributed by atoms with E-state index in [0.717, 1.165) is 13.0 Å². The molecule has 0 bridgehead atoms. The minimum atomic E-state index is -0.954. The molecule has 0 spiro atoms. The Kier molecular flexibility index (Phi) is 4.19. The van der Waals surface area contributed by atoms with Gasteiger partial charge in [0.25, 0.3) is 0 Å². The van der Waals surface area contributed by atoms with Crippen LogP contribution in [-0.2, 0) is 0 Å². The van der Waals surface area contributed by atoms with Crippen LogP contribution < -0.4 is 5.32 Å². The zero-order valence-corrected chi connectivity index (χ0v) is 10.0. The third-order valence-electron chi connectivity index (χ3n) is 3.15. The molecule has 1 aliphatic heterocycles. The molecule has 1 aliphatic rings. The highest BCUT2D eigenvalue weighted by Gasteiger charge is 2.20. The minimum absolute atomic E-state index is 0.306. The maximum atomic E-state index is 14.1. The van der Waals surface area contributed by atoms with Gasteiger partial charge in [0.15, 0.2) is 0 Å². The first-order valence-corrected chi connectivity index (χ1v) is 6.27. The average molecular weight is 242 g/mol. The van der Waals surface area contributed by atoms with E-state index >= 15 is 0 Å². The molecule has 1 fully saturated rings. The molecule has 0 aliphatic carbocycles. The van der Waals surface area contributed by atoms with E-state index in [4.69, 9.17) is 11.6 Å². The van der Waals surface area contributed by atoms with Crippen molar-refractivity contribution in [2.45, 2.75) is 37.9 Å². The molecule has 1 nitrogen and oxygen atoms in total. The van der Waals surface area contributed by atoms with Gasteiger partial charge in [-0.05, 0) is 31.9 Å². The first-order valence-electron chi connectivity index (χ1n) is 5.89. The zero-order valence-electron chi connectivity index (χ0n) is 9.26. The Hall–Kier alpha value is -0.600. The zero-order chi connectivity index (χ0) is 11.4. The largest absolute Gasteiger partial charge is 0.314 e. The number of piperidine rings is 1. The summed E-state index contributed by atoms with van der Waals surface area (Å²) in [6.45, 7) is 1.01. The second-order valence-corrected chi connectivity index (χ2v) is 4.78. The van der Waals surface area contributed by atoms with Crippen LogP contribution in [0, 0.1) is 0 Å². The van der Waals surface area contributed by atoms with Gasteiger partial charge in [0.05, 0.1) is 0 Å². The summed E-state index contributed by atoms with van der Waals surface area (Å²) in [5.41, 5.74) is 0.622. The number of benzene rings is 1. The fourth-order valence-electron chi connectivity index (χ4n) is 2.23. The maximum Gasteiger partial charge on any atom is 0.128 e. The summed E-state index contributed by atoms with van der Waals surface area (Å²) in [5.74, 6) is 0. The first kappa shape index (κ1) is 11.9. The highest BCUT2D eigenvalue weighted by atomic mass is 35.5. The molecule has 0 saturated carbocycles. The van der Waals surface area contributed by atoms with Gasteiger partial charge in [-0.25, -0.2) is 4.39 Å². The monoisotopic (exact) mass is 241 g/mol. The molecule has 1 aromatic rings. The van der Waals surface area contributed by atoms with E-state index in [1.165, 1.54) is 12.8 Å². The molecule has 16 heavy (non-hydrogen) atoms. The van der Waals surface area contributed by atoms with Gasteiger partial charge in [0.1, 0.15) is 6.17 Å². The van der Waals surface area contributed by atoms with Gasteiger partial charge < -0.3 is 5.32 Å². The van der Waals surface area contributed by atoms with E-state index in [-0.39, 0.29) is 0 Å². The molecule has 1 N–H and O–H groups in total. The van der Waals surface area contributed by atoms with Crippen molar-refractivity contribution in [3.63, 3.8) is 0 Å². The van der Waals surface area contributed by atoms with Crippen LogP contribution in [-0.4, -0.2) is 12.6 Å². The van der Waals surface area contributed by atoms with Crippen molar-refractivity contribution >= 4 is 11.6 Å². The predicted octanol–water partition coefficient (Wildman–Crippen LogP) is 3.88. The van der Waals surface area contributed by atoms with Crippen LogP contribution in [0.2, 0.25) is 5.02 Å². The SMILES string of the molecule is FC(CC1CCCCN1)c1ccccc1Cl. The van der Waals surface area contributed by atoms with Crippen LogP contribution in [0.4, 0.5) is 4.39 Å². The fourth-order valence-corrected chi connectivity index (χ4v) is 2.49. The van der Waals surface area contributed by atoms with Crippen molar-refractivity contribution in [3.8, 4) is 0 Å². The average Bonchev–Trinajstić information content (AvgIpc) is 2.31. The molecular weight excluding hydrogens is 225 g/mol. The van der Waals surface area contributed by atoms with E-state index < -0.39 is 6.17 Å². The molecule has 0 amide bonds. The number of alkyl halides is 1. The predicted molar refractivity (Wildman–Crippen MR) is 65.6 cm³/mol. The Bertz CT molecular complexity index is 336. The van der Waals surface area contributed by atoms with Crippen molar-refractivity contribution in [2.24, 2.45) is 0 Å². The third kappa shape index (κ3) is 2.96. The molecule has 1 heterocycles. The summed E-state index contributed by atoms with van der Waals surface area (Å²) < 4.78 is 14.1. The third-order valence-corrected chi connectivity index (χ3v) is 3.49. The summed E-state index contributed by atoms with van der Waals surface area (Å²) >= 11 is 5.98. The Labute approximate surface area is 101 Å². The Morgan fingerprint density at radius 2 is 2.19 bits per heavy atom. The first-order chi connectivity index (χ1) is 7.77. The van der Waals surface area contributed by atoms with Gasteiger partial charge in [0.2, 0.25) is 0 Å². The van der Waals surface area contributed by atoms with Gasteiger partial charge >= 0.3 is 0 Å². The molecular formula is C13H17ClFN. The number of nitrogens with one attached hydrogen (secondary N) is 1. The molecule has 88 valence electrons. The Morgan fingerprint density at radius 3 is 2.88 bits per heavy atom. The lowest BCUT2D eigenvalue weighted by atomic mass is 9.97.